The Morgan fingerprint density at radius 1 is 0.552 bits per heavy atom. The molecular formula is C52H72N4O2. The van der Waals surface area contributed by atoms with Crippen molar-refractivity contribution in [3.8, 4) is 0 Å². The summed E-state index contributed by atoms with van der Waals surface area (Å²) in [5, 5.41) is 0. The van der Waals surface area contributed by atoms with Crippen molar-refractivity contribution in [2.75, 3.05) is 26.2 Å². The molecule has 6 heteroatoms. The molecule has 4 N–H and O–H groups in total. The van der Waals surface area contributed by atoms with Gasteiger partial charge < -0.3 is 21.3 Å². The third kappa shape index (κ3) is 5.15. The largest absolute Gasteiger partial charge is 0.342 e. The molecule has 6 nitrogen and oxygen atoms in total. The van der Waals surface area contributed by atoms with Gasteiger partial charge in [0.15, 0.2) is 0 Å². The first-order valence-corrected chi connectivity index (χ1v) is 23.6. The fraction of sp³-hybridized carbons (Fsp3) is 0.731. The van der Waals surface area contributed by atoms with Crippen LogP contribution in [0, 0.1) is 56.2 Å². The van der Waals surface area contributed by atoms with Crippen LogP contribution >= 0.6 is 0 Å². The Morgan fingerprint density at radius 2 is 0.983 bits per heavy atom. The van der Waals surface area contributed by atoms with Gasteiger partial charge in [0.2, 0.25) is 11.8 Å². The van der Waals surface area contributed by atoms with Gasteiger partial charge in [0.25, 0.3) is 0 Å². The number of likely N-dealkylation sites (tertiary alicyclic amines) is 2. The lowest BCUT2D eigenvalue weighted by atomic mass is 9.36. The normalized spacial score (nSPS) is 46.1. The van der Waals surface area contributed by atoms with Crippen molar-refractivity contribution in [1.29, 1.82) is 0 Å². The Kier molecular flexibility index (Phi) is 7.92. The van der Waals surface area contributed by atoms with Gasteiger partial charge in [0.05, 0.1) is 10.8 Å². The summed E-state index contributed by atoms with van der Waals surface area (Å²) >= 11 is 0. The fourth-order valence-corrected chi connectivity index (χ4v) is 17.2. The molecule has 8 bridgehead atoms. The summed E-state index contributed by atoms with van der Waals surface area (Å²) in [5.41, 5.74) is 17.8. The smallest absolute Gasteiger partial charge is 0.228 e. The third-order valence-corrected chi connectivity index (χ3v) is 20.5. The molecule has 2 aromatic rings. The second-order valence-electron chi connectivity index (χ2n) is 24.8. The van der Waals surface area contributed by atoms with Crippen molar-refractivity contribution in [3.05, 3.63) is 71.3 Å². The van der Waals surface area contributed by atoms with Crippen LogP contribution in [0.2, 0.25) is 0 Å². The summed E-state index contributed by atoms with van der Waals surface area (Å²) in [5.74, 6) is 3.79. The van der Waals surface area contributed by atoms with Crippen LogP contribution in [0.3, 0.4) is 0 Å². The first kappa shape index (κ1) is 38.2. The zero-order valence-corrected chi connectivity index (χ0v) is 36.6. The van der Waals surface area contributed by atoms with Crippen LogP contribution in [0.15, 0.2) is 54.6 Å². The van der Waals surface area contributed by atoms with E-state index in [1.54, 1.807) is 0 Å². The molecular weight excluding hydrogens is 713 g/mol. The van der Waals surface area contributed by atoms with E-state index < -0.39 is 0 Å². The van der Waals surface area contributed by atoms with Crippen LogP contribution in [-0.4, -0.2) is 59.9 Å². The van der Waals surface area contributed by atoms with E-state index in [9.17, 15) is 9.59 Å². The molecule has 11 aliphatic rings. The van der Waals surface area contributed by atoms with Gasteiger partial charge in [-0.25, -0.2) is 0 Å². The number of hydrogen-bond acceptors (Lipinski definition) is 4. The Morgan fingerprint density at radius 3 is 1.45 bits per heavy atom. The van der Waals surface area contributed by atoms with E-state index in [2.05, 4.69) is 106 Å². The van der Waals surface area contributed by atoms with Gasteiger partial charge >= 0.3 is 0 Å². The van der Waals surface area contributed by atoms with E-state index in [0.717, 1.165) is 77.5 Å². The first-order chi connectivity index (χ1) is 27.4. The molecule has 5 unspecified atom stereocenters. The lowest BCUT2D eigenvalue weighted by molar-refractivity contribution is -0.182. The molecule has 2 aromatic carbocycles. The van der Waals surface area contributed by atoms with Crippen molar-refractivity contribution < 1.29 is 9.59 Å². The number of benzene rings is 2. The molecule has 13 rings (SSSR count). The molecule has 1 spiro atoms. The molecule has 7 atom stereocenters. The summed E-state index contributed by atoms with van der Waals surface area (Å²) in [7, 11) is 0. The maximum Gasteiger partial charge on any atom is 0.228 e. The highest BCUT2D eigenvalue weighted by molar-refractivity contribution is 5.85. The third-order valence-electron chi connectivity index (χ3n) is 20.5. The monoisotopic (exact) mass is 785 g/mol. The van der Waals surface area contributed by atoms with Gasteiger partial charge in [0, 0.05) is 38.3 Å². The zero-order chi connectivity index (χ0) is 40.5. The highest BCUT2D eigenvalue weighted by atomic mass is 16.2. The summed E-state index contributed by atoms with van der Waals surface area (Å²) in [4.78, 5) is 34.3. The predicted molar refractivity (Wildman–Crippen MR) is 231 cm³/mol. The average molecular weight is 785 g/mol. The summed E-state index contributed by atoms with van der Waals surface area (Å²) < 4.78 is 0. The van der Waals surface area contributed by atoms with E-state index in [0.29, 0.717) is 46.8 Å². The fourth-order valence-electron chi connectivity index (χ4n) is 17.2. The molecule has 312 valence electrons. The molecule has 2 heterocycles. The van der Waals surface area contributed by atoms with Crippen LogP contribution < -0.4 is 11.5 Å². The Bertz CT molecular complexity index is 1980. The molecule has 11 fully saturated rings. The average Bonchev–Trinajstić information content (AvgIpc) is 3.94. The molecule has 9 saturated carbocycles. The number of piperidine rings is 2. The summed E-state index contributed by atoms with van der Waals surface area (Å²) in [6.45, 7) is 17.2. The SMILES string of the molecule is CC1(C)C2CC3(C(=O)N4CC[C@H](N)C(C)(C)C4)CC1CC(c1ccc(C4CC45C4CC6(C(=O)N7CC[C@H](N)C(C)(C)C7)CC5CC(c5ccccc5)(C4)C6)cc1)(C2)C3. The number of hydrogen-bond donors (Lipinski definition) is 2. The molecule has 9 aliphatic carbocycles. The molecule has 2 saturated heterocycles. The van der Waals surface area contributed by atoms with Crippen LogP contribution in [0.5, 0.6) is 0 Å². The maximum absolute atomic E-state index is 15.0. The van der Waals surface area contributed by atoms with Crippen LogP contribution in [0.25, 0.3) is 0 Å². The molecule has 2 amide bonds. The number of carbonyl (C=O) groups is 2. The lowest BCUT2D eigenvalue weighted by Crippen LogP contribution is -2.66. The minimum absolute atomic E-state index is 0.0438. The second kappa shape index (κ2) is 12.0. The number of nitrogens with zero attached hydrogens (tertiary/aromatic N) is 2. The standard InChI is InChI=1S/C52H72N4O2/c1-45(2)31-55(18-16-41(45)53)43(57)50-22-36-20-48(29-50,21-37(23-50)47(36,5)6)35-14-12-33(13-15-35)40-28-52(40)38-24-49(34-10-8-7-9-11-34)25-39(52)27-51(26-38,30-49)44(58)56-19-17-42(54)46(3,4)32-56/h7-15,36-42H,16-32,53-54H2,1-6H3/t36?,37?,38?,39?,40?,41-,42-,48?,49?,50?,51?,52?/m0/s1. The van der Waals surface area contributed by atoms with Gasteiger partial charge in [-0.05, 0) is 162 Å². The Hall–Kier alpha value is -2.70. The highest BCUT2D eigenvalue weighted by Crippen LogP contribution is 2.82. The Balaban J connectivity index is 0.875. The summed E-state index contributed by atoms with van der Waals surface area (Å²) in [6.07, 6.45) is 14.2. The van der Waals surface area contributed by atoms with Crippen molar-refractivity contribution in [2.24, 2.45) is 67.6 Å². The van der Waals surface area contributed by atoms with Crippen molar-refractivity contribution in [2.45, 2.75) is 154 Å². The van der Waals surface area contributed by atoms with Gasteiger partial charge in [-0.3, -0.25) is 9.59 Å². The number of amides is 2. The lowest BCUT2D eigenvalue weighted by Gasteiger charge is -2.68. The number of carbonyl (C=O) groups excluding carboxylic acids is 2. The van der Waals surface area contributed by atoms with Crippen LogP contribution in [-0.2, 0) is 20.4 Å². The summed E-state index contributed by atoms with van der Waals surface area (Å²) in [6, 6.07) is 21.8. The van der Waals surface area contributed by atoms with Gasteiger partial charge in [-0.1, -0.05) is 96.1 Å². The van der Waals surface area contributed by atoms with Crippen molar-refractivity contribution >= 4 is 11.8 Å². The van der Waals surface area contributed by atoms with Crippen molar-refractivity contribution in [3.63, 3.8) is 0 Å². The molecule has 2 aliphatic heterocycles. The van der Waals surface area contributed by atoms with Gasteiger partial charge in [0.1, 0.15) is 0 Å². The predicted octanol–water partition coefficient (Wildman–Crippen LogP) is 8.95. The quantitative estimate of drug-likeness (QED) is 0.317. The van der Waals surface area contributed by atoms with E-state index >= 15 is 0 Å². The van der Waals surface area contributed by atoms with E-state index in [1.807, 2.05) is 0 Å². The second-order valence-corrected chi connectivity index (χ2v) is 24.8. The van der Waals surface area contributed by atoms with E-state index in [4.69, 9.17) is 11.5 Å². The highest BCUT2D eigenvalue weighted by Gasteiger charge is 2.76. The number of rotatable bonds is 5. The molecule has 58 heavy (non-hydrogen) atoms. The minimum Gasteiger partial charge on any atom is -0.342 e. The molecule has 0 radical (unpaired) electrons. The zero-order valence-electron chi connectivity index (χ0n) is 36.6. The van der Waals surface area contributed by atoms with Crippen LogP contribution in [0.1, 0.15) is 148 Å². The van der Waals surface area contributed by atoms with Crippen LogP contribution in [0.4, 0.5) is 0 Å². The maximum atomic E-state index is 15.0. The first-order valence-electron chi connectivity index (χ1n) is 23.6. The number of nitrogens with two attached hydrogens (primary N) is 2. The van der Waals surface area contributed by atoms with E-state index in [1.165, 1.54) is 48.8 Å². The van der Waals surface area contributed by atoms with E-state index in [-0.39, 0.29) is 50.0 Å². The van der Waals surface area contributed by atoms with Gasteiger partial charge in [-0.15, -0.1) is 0 Å². The van der Waals surface area contributed by atoms with Crippen molar-refractivity contribution in [1.82, 2.24) is 9.80 Å². The molecule has 0 aromatic heterocycles. The van der Waals surface area contributed by atoms with Gasteiger partial charge in [-0.2, -0.15) is 0 Å². The minimum atomic E-state index is -0.253. The Labute approximate surface area is 349 Å². The topological polar surface area (TPSA) is 92.7 Å².